The summed E-state index contributed by atoms with van der Waals surface area (Å²) in [4.78, 5) is 121. The van der Waals surface area contributed by atoms with Crippen molar-refractivity contribution in [1.29, 1.82) is 5.41 Å². The van der Waals surface area contributed by atoms with Crippen LogP contribution in [0.25, 0.3) is 0 Å². The van der Waals surface area contributed by atoms with Gasteiger partial charge in [-0.05, 0) is 92.6 Å². The first-order valence-electron chi connectivity index (χ1n) is 25.2. The smallest absolute Gasteiger partial charge is 0.414 e. The highest BCUT2D eigenvalue weighted by Gasteiger charge is 2.44. The summed E-state index contributed by atoms with van der Waals surface area (Å²) in [6.45, 7) is 6.72. The van der Waals surface area contributed by atoms with Crippen molar-refractivity contribution in [3.05, 3.63) is 112 Å². The molecule has 0 bridgehead atoms. The number of benzene rings is 3. The molecule has 8 amide bonds. The molecule has 1 aliphatic heterocycles. The van der Waals surface area contributed by atoms with Gasteiger partial charge in [-0.2, -0.15) is 0 Å². The highest BCUT2D eigenvalue weighted by molar-refractivity contribution is 5.97. The van der Waals surface area contributed by atoms with Crippen molar-refractivity contribution in [3.8, 4) is 5.75 Å². The topological polar surface area (TPSA) is 362 Å². The van der Waals surface area contributed by atoms with Crippen LogP contribution in [0.1, 0.15) is 83.4 Å². The van der Waals surface area contributed by atoms with E-state index in [-0.39, 0.29) is 81.7 Å². The van der Waals surface area contributed by atoms with Gasteiger partial charge in [0, 0.05) is 19.5 Å². The molecule has 0 aromatic heterocycles. The van der Waals surface area contributed by atoms with Gasteiger partial charge in [0.05, 0.1) is 19.8 Å². The van der Waals surface area contributed by atoms with Crippen LogP contribution >= 0.6 is 0 Å². The minimum atomic E-state index is -1.44. The Morgan fingerprint density at radius 3 is 2.03 bits per heavy atom. The number of ether oxygens (including phenoxy) is 3. The first-order chi connectivity index (χ1) is 36.5. The molecule has 1 aliphatic rings. The minimum Gasteiger partial charge on any atom is -0.489 e. The van der Waals surface area contributed by atoms with Crippen LogP contribution in [-0.4, -0.2) is 137 Å². The van der Waals surface area contributed by atoms with Crippen LogP contribution in [0.15, 0.2) is 84.9 Å². The van der Waals surface area contributed by atoms with E-state index in [2.05, 4.69) is 26.6 Å². The summed E-state index contributed by atoms with van der Waals surface area (Å²) in [5.41, 5.74) is 13.1. The fraction of sp³-hybridized carbons (Fsp3) is 0.481. The first kappa shape index (κ1) is 61.4. The van der Waals surface area contributed by atoms with Gasteiger partial charge in [0.2, 0.25) is 29.5 Å². The number of nitrogens with two attached hydrogens (primary N) is 2. The number of likely N-dealkylation sites (tertiary alicyclic amines) is 1. The zero-order valence-electron chi connectivity index (χ0n) is 44.0. The van der Waals surface area contributed by atoms with Crippen molar-refractivity contribution in [1.82, 2.24) is 41.8 Å². The molecule has 1 fully saturated rings. The quantitative estimate of drug-likeness (QED) is 0.0163. The van der Waals surface area contributed by atoms with Crippen molar-refractivity contribution >= 4 is 53.4 Å². The molecule has 0 unspecified atom stereocenters. The molecule has 0 aliphatic carbocycles. The van der Waals surface area contributed by atoms with E-state index < -0.39 is 101 Å². The van der Waals surface area contributed by atoms with Gasteiger partial charge in [-0.1, -0.05) is 86.6 Å². The number of nitro groups is 1. The van der Waals surface area contributed by atoms with Gasteiger partial charge in [0.15, 0.2) is 17.5 Å². The van der Waals surface area contributed by atoms with Gasteiger partial charge in [-0.15, -0.1) is 0 Å². The van der Waals surface area contributed by atoms with E-state index >= 15 is 0 Å². The normalized spacial score (nSPS) is 14.6. The molecule has 5 atom stereocenters. The van der Waals surface area contributed by atoms with Gasteiger partial charge in [-0.3, -0.25) is 44.3 Å². The molecule has 0 spiro atoms. The van der Waals surface area contributed by atoms with Crippen LogP contribution in [0.2, 0.25) is 0 Å². The molecule has 0 saturated carbocycles. The number of imide groups is 1. The lowest BCUT2D eigenvalue weighted by atomic mass is 10.0. The number of guanidine groups is 1. The first-order valence-corrected chi connectivity index (χ1v) is 25.2. The second-order valence-corrected chi connectivity index (χ2v) is 19.7. The van der Waals surface area contributed by atoms with Crippen molar-refractivity contribution < 1.29 is 57.6 Å². The molecular weight excluding hydrogens is 1000 g/mol. The zero-order valence-corrected chi connectivity index (χ0v) is 44.0. The summed E-state index contributed by atoms with van der Waals surface area (Å²) in [5, 5.41) is 33.4. The molecule has 11 N–H and O–H groups in total. The van der Waals surface area contributed by atoms with E-state index in [0.29, 0.717) is 17.9 Å². The van der Waals surface area contributed by atoms with Crippen LogP contribution in [0, 0.1) is 21.4 Å². The Bertz CT molecular complexity index is 2490. The average molecular weight is 1070 g/mol. The van der Waals surface area contributed by atoms with Crippen LogP contribution in [0.4, 0.5) is 4.79 Å². The second kappa shape index (κ2) is 30.4. The van der Waals surface area contributed by atoms with E-state index in [1.807, 2.05) is 66.0 Å². The fourth-order valence-electron chi connectivity index (χ4n) is 7.91. The van der Waals surface area contributed by atoms with Crippen LogP contribution < -0.4 is 48.1 Å². The number of amides is 8. The minimum absolute atomic E-state index is 0.0115. The molecule has 0 radical (unpaired) electrons. The SMILES string of the molecule is CC(C)C[C@H](NC(=O)CNC(=O)[C@H](Cc1ccc(OCc2ccccc2)cc1)NC(=O)[C@@H](N)COCc1ccccc1)C(=O)N[C@@H](CCCNC(=N)N)C(=O)N1CCC[C@H]1C(=O)N(CC(=O)NC(=O)OC(C)(C)C)[N+](=O)[O-]. The van der Waals surface area contributed by atoms with E-state index in [4.69, 9.17) is 31.1 Å². The third-order valence-electron chi connectivity index (χ3n) is 11.6. The lowest BCUT2D eigenvalue weighted by Gasteiger charge is -2.30. The van der Waals surface area contributed by atoms with Crippen LogP contribution in [-0.2, 0) is 62.7 Å². The summed E-state index contributed by atoms with van der Waals surface area (Å²) >= 11 is 0. The molecule has 1 heterocycles. The molecular formula is C52H72N12O13. The van der Waals surface area contributed by atoms with Gasteiger partial charge in [-0.25, -0.2) is 14.9 Å². The Labute approximate surface area is 446 Å². The van der Waals surface area contributed by atoms with Crippen molar-refractivity contribution in [2.24, 2.45) is 17.4 Å². The summed E-state index contributed by atoms with van der Waals surface area (Å²) in [7, 11) is 0. The number of carbonyl (C=O) groups excluding carboxylic acids is 8. The number of carbonyl (C=O) groups is 8. The molecule has 77 heavy (non-hydrogen) atoms. The Morgan fingerprint density at radius 2 is 1.43 bits per heavy atom. The van der Waals surface area contributed by atoms with E-state index in [1.165, 1.54) is 20.8 Å². The fourth-order valence-corrected chi connectivity index (χ4v) is 7.91. The average Bonchev–Trinajstić information content (AvgIpc) is 3.87. The lowest BCUT2D eigenvalue weighted by Crippen LogP contribution is -2.58. The highest BCUT2D eigenvalue weighted by atomic mass is 16.7. The predicted molar refractivity (Wildman–Crippen MR) is 280 cm³/mol. The Balaban J connectivity index is 1.46. The molecule has 3 aromatic rings. The number of nitrogens with zero attached hydrogens (tertiary/aromatic N) is 3. The Morgan fingerprint density at radius 1 is 0.805 bits per heavy atom. The van der Waals surface area contributed by atoms with Crippen molar-refractivity contribution in [2.75, 3.05) is 32.8 Å². The van der Waals surface area contributed by atoms with Crippen LogP contribution in [0.5, 0.6) is 5.75 Å². The number of hydrogen-bond donors (Lipinski definition) is 9. The second-order valence-electron chi connectivity index (χ2n) is 19.7. The number of hydrazine groups is 1. The maximum Gasteiger partial charge on any atom is 0.414 e. The van der Waals surface area contributed by atoms with E-state index in [9.17, 15) is 48.5 Å². The Hall–Kier alpha value is -8.19. The number of hydrogen-bond acceptors (Lipinski definition) is 15. The molecule has 4 rings (SSSR count). The molecule has 3 aromatic carbocycles. The summed E-state index contributed by atoms with van der Waals surface area (Å²) in [6.07, 6.45) is -0.915. The molecule has 25 heteroatoms. The maximum atomic E-state index is 14.3. The monoisotopic (exact) mass is 1070 g/mol. The number of nitrogens with one attached hydrogen (secondary N) is 7. The maximum absolute atomic E-state index is 14.3. The molecule has 1 saturated heterocycles. The predicted octanol–water partition coefficient (Wildman–Crippen LogP) is 1.29. The van der Waals surface area contributed by atoms with Crippen LogP contribution in [0.3, 0.4) is 0 Å². The van der Waals surface area contributed by atoms with Gasteiger partial charge >= 0.3 is 12.0 Å². The Kier molecular flexibility index (Phi) is 24.2. The summed E-state index contributed by atoms with van der Waals surface area (Å²) < 4.78 is 16.6. The van der Waals surface area contributed by atoms with Gasteiger partial charge < -0.3 is 57.2 Å². The largest absolute Gasteiger partial charge is 0.489 e. The van der Waals surface area contributed by atoms with E-state index in [0.717, 1.165) is 16.0 Å². The van der Waals surface area contributed by atoms with Crippen molar-refractivity contribution in [3.63, 3.8) is 0 Å². The summed E-state index contributed by atoms with van der Waals surface area (Å²) in [5.74, 6) is -6.30. The number of rotatable bonds is 28. The van der Waals surface area contributed by atoms with Gasteiger partial charge in [0.25, 0.3) is 5.91 Å². The number of alkyl carbamates (subject to hydrolysis) is 1. The third kappa shape index (κ3) is 21.9. The lowest BCUT2D eigenvalue weighted by molar-refractivity contribution is -0.632. The standard InChI is InChI=1S/C52H72N12O13/c1-33(2)26-40(47(69)59-39(18-12-24-56-50(54)55)48(70)62-25-13-19-42(62)49(71)63(64(73)74)29-44(66)61-51(72)77-52(3,4)5)58-43(65)28-57-46(68)41(60-45(67)38(53)32-75-30-35-14-8-6-9-15-35)27-34-20-22-37(23-21-34)76-31-36-16-10-7-11-17-36/h6-11,14-17,20-23,33,38-42H,12-13,18-19,24-32,53H2,1-5H3,(H,57,68)(H,58,65)(H,59,69)(H,60,67)(H4,54,55,56)(H,61,66,72)/t38-,39-,40-,41-,42-/m0/s1. The summed E-state index contributed by atoms with van der Waals surface area (Å²) in [6, 6.07) is 19.2. The van der Waals surface area contributed by atoms with E-state index in [1.54, 1.807) is 38.1 Å². The highest BCUT2D eigenvalue weighted by Crippen LogP contribution is 2.22. The van der Waals surface area contributed by atoms with Gasteiger partial charge in [0.1, 0.15) is 48.2 Å². The molecule has 418 valence electrons. The zero-order chi connectivity index (χ0) is 56.7. The molecule has 25 nitrogen and oxygen atoms in total. The third-order valence-corrected chi connectivity index (χ3v) is 11.6. The van der Waals surface area contributed by atoms with Crippen molar-refractivity contribution in [2.45, 2.75) is 122 Å².